The molecule has 0 aromatic heterocycles. The maximum absolute atomic E-state index is 12.1. The second-order valence-corrected chi connectivity index (χ2v) is 4.66. The molecule has 0 fully saturated rings. The fourth-order valence-electron chi connectivity index (χ4n) is 2.00. The van der Waals surface area contributed by atoms with Crippen LogP contribution in [0.1, 0.15) is 24.5 Å². The zero-order valence-corrected chi connectivity index (χ0v) is 10.8. The molecule has 20 heavy (non-hydrogen) atoms. The highest BCUT2D eigenvalue weighted by Gasteiger charge is 2.28. The van der Waals surface area contributed by atoms with Crippen molar-refractivity contribution in [2.24, 2.45) is 0 Å². The van der Waals surface area contributed by atoms with E-state index in [9.17, 15) is 18.3 Å². The Morgan fingerprint density at radius 2 is 1.40 bits per heavy atom. The summed E-state index contributed by atoms with van der Waals surface area (Å²) >= 11 is 0. The zero-order chi connectivity index (χ0) is 14.6. The van der Waals surface area contributed by atoms with Gasteiger partial charge in [-0.05, 0) is 23.1 Å². The van der Waals surface area contributed by atoms with Gasteiger partial charge in [0.05, 0.1) is 6.10 Å². The quantitative estimate of drug-likeness (QED) is 0.858. The van der Waals surface area contributed by atoms with Crippen molar-refractivity contribution >= 4 is 0 Å². The summed E-state index contributed by atoms with van der Waals surface area (Å²) in [6, 6.07) is 16.6. The van der Waals surface area contributed by atoms with Crippen LogP contribution in [0.5, 0.6) is 0 Å². The first-order valence-electron chi connectivity index (χ1n) is 6.36. The standard InChI is InChI=1S/C16H15F3O/c17-16(18,19)11-10-15(20)14-8-6-13(7-9-14)12-4-2-1-3-5-12/h1-9,15,20H,10-11H2. The van der Waals surface area contributed by atoms with Crippen LogP contribution in [0.25, 0.3) is 11.1 Å². The van der Waals surface area contributed by atoms with E-state index in [2.05, 4.69) is 0 Å². The topological polar surface area (TPSA) is 20.2 Å². The summed E-state index contributed by atoms with van der Waals surface area (Å²) in [5.74, 6) is 0. The molecule has 0 aliphatic heterocycles. The summed E-state index contributed by atoms with van der Waals surface area (Å²) < 4.78 is 36.3. The van der Waals surface area contributed by atoms with E-state index in [1.165, 1.54) is 0 Å². The average molecular weight is 280 g/mol. The first-order valence-corrected chi connectivity index (χ1v) is 6.36. The predicted molar refractivity (Wildman–Crippen MR) is 72.1 cm³/mol. The monoisotopic (exact) mass is 280 g/mol. The highest BCUT2D eigenvalue weighted by molar-refractivity contribution is 5.63. The molecule has 0 radical (unpaired) electrons. The molecule has 0 bridgehead atoms. The number of rotatable bonds is 4. The second-order valence-electron chi connectivity index (χ2n) is 4.66. The molecular formula is C16H15F3O. The minimum Gasteiger partial charge on any atom is -0.388 e. The van der Waals surface area contributed by atoms with Crippen molar-refractivity contribution in [2.75, 3.05) is 0 Å². The first kappa shape index (κ1) is 14.6. The van der Waals surface area contributed by atoms with Gasteiger partial charge in [0.15, 0.2) is 0 Å². The minimum absolute atomic E-state index is 0.311. The van der Waals surface area contributed by atoms with Crippen molar-refractivity contribution in [1.29, 1.82) is 0 Å². The molecule has 2 aromatic carbocycles. The van der Waals surface area contributed by atoms with E-state index >= 15 is 0 Å². The second kappa shape index (κ2) is 6.09. The number of benzene rings is 2. The summed E-state index contributed by atoms with van der Waals surface area (Å²) in [5.41, 5.74) is 2.51. The molecule has 0 saturated heterocycles. The molecule has 0 aliphatic rings. The van der Waals surface area contributed by atoms with Crippen molar-refractivity contribution < 1.29 is 18.3 Å². The molecule has 1 unspecified atom stereocenters. The van der Waals surface area contributed by atoms with Gasteiger partial charge < -0.3 is 5.11 Å². The van der Waals surface area contributed by atoms with Gasteiger partial charge >= 0.3 is 6.18 Å². The Morgan fingerprint density at radius 3 is 1.95 bits per heavy atom. The van der Waals surface area contributed by atoms with Crippen molar-refractivity contribution in [2.45, 2.75) is 25.1 Å². The molecule has 0 saturated carbocycles. The maximum atomic E-state index is 12.1. The zero-order valence-electron chi connectivity index (χ0n) is 10.8. The van der Waals surface area contributed by atoms with E-state index < -0.39 is 18.7 Å². The van der Waals surface area contributed by atoms with Gasteiger partial charge in [0, 0.05) is 6.42 Å². The summed E-state index contributed by atoms with van der Waals surface area (Å²) in [7, 11) is 0. The highest BCUT2D eigenvalue weighted by Crippen LogP contribution is 2.28. The normalized spacial score (nSPS) is 13.2. The van der Waals surface area contributed by atoms with Gasteiger partial charge in [0.1, 0.15) is 0 Å². The number of aliphatic hydroxyl groups is 1. The lowest BCUT2D eigenvalue weighted by molar-refractivity contribution is -0.140. The Morgan fingerprint density at radius 1 is 0.850 bits per heavy atom. The van der Waals surface area contributed by atoms with Crippen LogP contribution in [-0.4, -0.2) is 11.3 Å². The Labute approximate surface area is 115 Å². The molecule has 0 spiro atoms. The molecule has 0 amide bonds. The summed E-state index contributed by atoms with van der Waals surface area (Å²) in [6.07, 6.45) is -6.60. The van der Waals surface area contributed by atoms with Crippen LogP contribution in [0.15, 0.2) is 54.6 Å². The number of alkyl halides is 3. The molecule has 1 atom stereocenters. The van der Waals surface area contributed by atoms with Crippen LogP contribution in [0.2, 0.25) is 0 Å². The van der Waals surface area contributed by atoms with Gasteiger partial charge in [-0.2, -0.15) is 13.2 Å². The van der Waals surface area contributed by atoms with Crippen molar-refractivity contribution in [3.8, 4) is 11.1 Å². The Hall–Kier alpha value is -1.81. The third-order valence-electron chi connectivity index (χ3n) is 3.10. The van der Waals surface area contributed by atoms with E-state index in [0.717, 1.165) is 11.1 Å². The van der Waals surface area contributed by atoms with Gasteiger partial charge in [0.25, 0.3) is 0 Å². The highest BCUT2D eigenvalue weighted by atomic mass is 19.4. The van der Waals surface area contributed by atoms with Crippen molar-refractivity contribution in [1.82, 2.24) is 0 Å². The van der Waals surface area contributed by atoms with Crippen LogP contribution in [0, 0.1) is 0 Å². The summed E-state index contributed by atoms with van der Waals surface area (Å²) in [4.78, 5) is 0. The molecule has 2 aromatic rings. The number of hydrogen-bond acceptors (Lipinski definition) is 1. The van der Waals surface area contributed by atoms with Crippen molar-refractivity contribution in [3.63, 3.8) is 0 Å². The fraction of sp³-hybridized carbons (Fsp3) is 0.250. The largest absolute Gasteiger partial charge is 0.389 e. The fourth-order valence-corrected chi connectivity index (χ4v) is 2.00. The SMILES string of the molecule is OC(CCC(F)(F)F)c1ccc(-c2ccccc2)cc1. The molecule has 0 aliphatic carbocycles. The van der Waals surface area contributed by atoms with E-state index in [4.69, 9.17) is 0 Å². The first-order chi connectivity index (χ1) is 9.46. The van der Waals surface area contributed by atoms with Crippen LogP contribution < -0.4 is 0 Å². The molecule has 2 rings (SSSR count). The third kappa shape index (κ3) is 4.10. The summed E-state index contributed by atoms with van der Waals surface area (Å²) in [6.45, 7) is 0. The van der Waals surface area contributed by atoms with Crippen LogP contribution in [0.4, 0.5) is 13.2 Å². The van der Waals surface area contributed by atoms with E-state index in [1.807, 2.05) is 42.5 Å². The van der Waals surface area contributed by atoms with E-state index in [-0.39, 0.29) is 6.42 Å². The molecule has 1 nitrogen and oxygen atoms in total. The Bertz CT molecular complexity index is 532. The van der Waals surface area contributed by atoms with Gasteiger partial charge in [-0.3, -0.25) is 0 Å². The van der Waals surface area contributed by atoms with E-state index in [1.54, 1.807) is 12.1 Å². The molecule has 1 N–H and O–H groups in total. The van der Waals surface area contributed by atoms with E-state index in [0.29, 0.717) is 5.56 Å². The van der Waals surface area contributed by atoms with Crippen molar-refractivity contribution in [3.05, 3.63) is 60.2 Å². The lowest BCUT2D eigenvalue weighted by atomic mass is 10.00. The average Bonchev–Trinajstić information content (AvgIpc) is 2.45. The van der Waals surface area contributed by atoms with Gasteiger partial charge in [0.2, 0.25) is 0 Å². The number of aliphatic hydroxyl groups excluding tert-OH is 1. The number of halogens is 3. The number of hydrogen-bond donors (Lipinski definition) is 1. The van der Waals surface area contributed by atoms with Gasteiger partial charge in [-0.15, -0.1) is 0 Å². The lowest BCUT2D eigenvalue weighted by Gasteiger charge is -2.13. The van der Waals surface area contributed by atoms with Crippen LogP contribution in [0.3, 0.4) is 0 Å². The van der Waals surface area contributed by atoms with Crippen LogP contribution >= 0.6 is 0 Å². The molecule has 106 valence electrons. The third-order valence-corrected chi connectivity index (χ3v) is 3.10. The maximum Gasteiger partial charge on any atom is 0.389 e. The molecule has 4 heteroatoms. The lowest BCUT2D eigenvalue weighted by Crippen LogP contribution is -2.10. The predicted octanol–water partition coefficient (Wildman–Crippen LogP) is 4.73. The van der Waals surface area contributed by atoms with Crippen LogP contribution in [-0.2, 0) is 0 Å². The van der Waals surface area contributed by atoms with Gasteiger partial charge in [-0.1, -0.05) is 54.6 Å². The molecule has 0 heterocycles. The smallest absolute Gasteiger partial charge is 0.388 e. The minimum atomic E-state index is -4.23. The summed E-state index contributed by atoms with van der Waals surface area (Å²) in [5, 5.41) is 9.75. The molecular weight excluding hydrogens is 265 g/mol. The van der Waals surface area contributed by atoms with Gasteiger partial charge in [-0.25, -0.2) is 0 Å². The Balaban J connectivity index is 2.05. The Kier molecular flexibility index (Phi) is 4.45.